The molecule has 0 amide bonds. The van der Waals surface area contributed by atoms with Crippen molar-refractivity contribution in [2.75, 3.05) is 13.2 Å². The third kappa shape index (κ3) is 7.61. The lowest BCUT2D eigenvalue weighted by molar-refractivity contribution is -0.143. The Morgan fingerprint density at radius 1 is 1.18 bits per heavy atom. The molecule has 3 nitrogen and oxygen atoms in total. The van der Waals surface area contributed by atoms with Crippen LogP contribution in [-0.4, -0.2) is 19.1 Å². The van der Waals surface area contributed by atoms with Crippen molar-refractivity contribution >= 4 is 18.4 Å². The number of halogens is 1. The van der Waals surface area contributed by atoms with Crippen molar-refractivity contribution in [2.45, 2.75) is 59.3 Å². The molecule has 0 bridgehead atoms. The van der Waals surface area contributed by atoms with Crippen LogP contribution in [0.15, 0.2) is 0 Å². The molecule has 0 spiro atoms. The van der Waals surface area contributed by atoms with Crippen molar-refractivity contribution in [3.05, 3.63) is 0 Å². The van der Waals surface area contributed by atoms with Crippen LogP contribution in [0.5, 0.6) is 0 Å². The average Bonchev–Trinajstić information content (AvgIpc) is 2.31. The number of carbonyl (C=O) groups is 1. The maximum absolute atomic E-state index is 11.1. The Morgan fingerprint density at radius 2 is 1.71 bits per heavy atom. The lowest BCUT2D eigenvalue weighted by Gasteiger charge is -2.30. The Balaban J connectivity index is 0. The third-order valence-electron chi connectivity index (χ3n) is 3.71. The van der Waals surface area contributed by atoms with E-state index in [2.05, 4.69) is 20.8 Å². The molecule has 0 aromatic rings. The van der Waals surface area contributed by atoms with Gasteiger partial charge < -0.3 is 10.5 Å². The fourth-order valence-electron chi connectivity index (χ4n) is 2.10. The van der Waals surface area contributed by atoms with Gasteiger partial charge >= 0.3 is 5.97 Å². The number of hydrogen-bond donors (Lipinski definition) is 1. The molecule has 0 aromatic carbocycles. The van der Waals surface area contributed by atoms with Crippen molar-refractivity contribution in [1.29, 1.82) is 0 Å². The first kappa shape index (κ1) is 19.1. The molecule has 0 saturated carbocycles. The summed E-state index contributed by atoms with van der Waals surface area (Å²) in [6.45, 7) is 7.65. The SMILES string of the molecule is CCC(CC)(CC)CCCOC(=O)CCN.Cl. The van der Waals surface area contributed by atoms with E-state index < -0.39 is 0 Å². The molecule has 0 radical (unpaired) electrons. The molecule has 0 heterocycles. The summed E-state index contributed by atoms with van der Waals surface area (Å²) in [7, 11) is 0. The zero-order valence-electron chi connectivity index (χ0n) is 11.5. The molecule has 104 valence electrons. The highest BCUT2D eigenvalue weighted by atomic mass is 35.5. The molecule has 4 heteroatoms. The molecule has 0 aliphatic heterocycles. The molecule has 0 fully saturated rings. The minimum Gasteiger partial charge on any atom is -0.466 e. The minimum atomic E-state index is -0.169. The van der Waals surface area contributed by atoms with Gasteiger partial charge in [0.2, 0.25) is 0 Å². The largest absolute Gasteiger partial charge is 0.466 e. The molecule has 0 aliphatic carbocycles. The molecule has 17 heavy (non-hydrogen) atoms. The van der Waals surface area contributed by atoms with E-state index in [-0.39, 0.29) is 18.4 Å². The first-order valence-electron chi connectivity index (χ1n) is 6.49. The first-order valence-corrected chi connectivity index (χ1v) is 6.49. The minimum absolute atomic E-state index is 0. The van der Waals surface area contributed by atoms with Crippen LogP contribution >= 0.6 is 12.4 Å². The van der Waals surface area contributed by atoms with Crippen LogP contribution in [0.3, 0.4) is 0 Å². The van der Waals surface area contributed by atoms with E-state index >= 15 is 0 Å². The molecule has 0 unspecified atom stereocenters. The number of ether oxygens (including phenoxy) is 1. The highest BCUT2D eigenvalue weighted by Gasteiger charge is 2.23. The van der Waals surface area contributed by atoms with Gasteiger partial charge in [-0.15, -0.1) is 12.4 Å². The maximum Gasteiger partial charge on any atom is 0.307 e. The maximum atomic E-state index is 11.1. The van der Waals surface area contributed by atoms with Gasteiger partial charge in [0, 0.05) is 6.54 Å². The van der Waals surface area contributed by atoms with Crippen molar-refractivity contribution in [3.8, 4) is 0 Å². The Labute approximate surface area is 112 Å². The molecular formula is C13H28ClNO2. The van der Waals surface area contributed by atoms with Gasteiger partial charge in [-0.3, -0.25) is 4.79 Å². The monoisotopic (exact) mass is 265 g/mol. The second kappa shape index (κ2) is 10.8. The highest BCUT2D eigenvalue weighted by Crippen LogP contribution is 2.35. The quantitative estimate of drug-likeness (QED) is 0.514. The van der Waals surface area contributed by atoms with Gasteiger partial charge in [-0.1, -0.05) is 40.0 Å². The summed E-state index contributed by atoms with van der Waals surface area (Å²) < 4.78 is 5.09. The highest BCUT2D eigenvalue weighted by molar-refractivity contribution is 5.85. The van der Waals surface area contributed by atoms with E-state index in [1.165, 1.54) is 19.3 Å². The predicted molar refractivity (Wildman–Crippen MR) is 74.4 cm³/mol. The van der Waals surface area contributed by atoms with Crippen molar-refractivity contribution in [3.63, 3.8) is 0 Å². The third-order valence-corrected chi connectivity index (χ3v) is 3.71. The summed E-state index contributed by atoms with van der Waals surface area (Å²) >= 11 is 0. The van der Waals surface area contributed by atoms with E-state index in [1.807, 2.05) is 0 Å². The van der Waals surface area contributed by atoms with E-state index in [4.69, 9.17) is 10.5 Å². The zero-order valence-corrected chi connectivity index (χ0v) is 12.3. The van der Waals surface area contributed by atoms with Crippen LogP contribution < -0.4 is 5.73 Å². The molecule has 2 N–H and O–H groups in total. The second-order valence-corrected chi connectivity index (χ2v) is 4.42. The average molecular weight is 266 g/mol. The normalized spacial score (nSPS) is 10.8. The van der Waals surface area contributed by atoms with Crippen molar-refractivity contribution < 1.29 is 9.53 Å². The zero-order chi connectivity index (χ0) is 12.4. The number of carbonyl (C=O) groups excluding carboxylic acids is 1. The molecule has 0 aliphatic rings. The first-order chi connectivity index (χ1) is 7.64. The Bertz CT molecular complexity index is 186. The van der Waals surface area contributed by atoms with Crippen LogP contribution in [0.1, 0.15) is 59.3 Å². The van der Waals surface area contributed by atoms with Gasteiger partial charge in [-0.2, -0.15) is 0 Å². The van der Waals surface area contributed by atoms with Crippen molar-refractivity contribution in [1.82, 2.24) is 0 Å². The number of rotatable bonds is 9. The summed E-state index contributed by atoms with van der Waals surface area (Å²) in [5.74, 6) is -0.169. The molecule has 0 atom stereocenters. The Morgan fingerprint density at radius 3 is 2.12 bits per heavy atom. The van der Waals surface area contributed by atoms with Crippen LogP contribution in [-0.2, 0) is 9.53 Å². The molecule has 0 aromatic heterocycles. The van der Waals surface area contributed by atoms with Crippen LogP contribution in [0.25, 0.3) is 0 Å². The molecular weight excluding hydrogens is 238 g/mol. The number of hydrogen-bond acceptors (Lipinski definition) is 3. The topological polar surface area (TPSA) is 52.3 Å². The number of esters is 1. The van der Waals surface area contributed by atoms with Crippen molar-refractivity contribution in [2.24, 2.45) is 11.1 Å². The number of nitrogens with two attached hydrogens (primary N) is 1. The van der Waals surface area contributed by atoms with E-state index in [0.29, 0.717) is 25.0 Å². The Hall–Kier alpha value is -0.280. The fraction of sp³-hybridized carbons (Fsp3) is 0.923. The summed E-state index contributed by atoms with van der Waals surface area (Å²) in [6, 6.07) is 0. The van der Waals surface area contributed by atoms with E-state index in [1.54, 1.807) is 0 Å². The molecule has 0 rings (SSSR count). The fourth-order valence-corrected chi connectivity index (χ4v) is 2.10. The second-order valence-electron chi connectivity index (χ2n) is 4.42. The van der Waals surface area contributed by atoms with E-state index in [9.17, 15) is 4.79 Å². The van der Waals surface area contributed by atoms with Gasteiger partial charge in [-0.25, -0.2) is 0 Å². The standard InChI is InChI=1S/C13H27NO2.ClH/c1-4-13(5-2,6-3)9-7-11-16-12(15)8-10-14;/h4-11,14H2,1-3H3;1H. The smallest absolute Gasteiger partial charge is 0.307 e. The molecule has 0 saturated heterocycles. The van der Waals surface area contributed by atoms with Crippen LogP contribution in [0, 0.1) is 5.41 Å². The van der Waals surface area contributed by atoms with Crippen LogP contribution in [0.4, 0.5) is 0 Å². The Kier molecular flexibility index (Phi) is 12.2. The summed E-state index contributed by atoms with van der Waals surface area (Å²) in [4.78, 5) is 11.1. The van der Waals surface area contributed by atoms with E-state index in [0.717, 1.165) is 12.8 Å². The summed E-state index contributed by atoms with van der Waals surface area (Å²) in [6.07, 6.45) is 6.06. The summed E-state index contributed by atoms with van der Waals surface area (Å²) in [5.41, 5.74) is 5.71. The lowest BCUT2D eigenvalue weighted by Crippen LogP contribution is -2.19. The van der Waals surface area contributed by atoms with Gasteiger partial charge in [-0.05, 0) is 18.3 Å². The van der Waals surface area contributed by atoms with Gasteiger partial charge in [0.05, 0.1) is 13.0 Å². The lowest BCUT2D eigenvalue weighted by atomic mass is 9.76. The van der Waals surface area contributed by atoms with Gasteiger partial charge in [0.1, 0.15) is 0 Å². The predicted octanol–water partition coefficient (Wildman–Crippen LogP) is 3.30. The summed E-state index contributed by atoms with van der Waals surface area (Å²) in [5, 5.41) is 0. The van der Waals surface area contributed by atoms with Crippen LogP contribution in [0.2, 0.25) is 0 Å². The van der Waals surface area contributed by atoms with Gasteiger partial charge in [0.25, 0.3) is 0 Å². The van der Waals surface area contributed by atoms with Gasteiger partial charge in [0.15, 0.2) is 0 Å².